The van der Waals surface area contributed by atoms with Gasteiger partial charge < -0.3 is 14.4 Å². The zero-order valence-corrected chi connectivity index (χ0v) is 12.5. The maximum atomic E-state index is 12.2. The molecule has 3 heterocycles. The number of aromatic nitrogens is 4. The molecule has 0 saturated carbocycles. The van der Waals surface area contributed by atoms with Gasteiger partial charge in [0.25, 0.3) is 5.91 Å². The maximum Gasteiger partial charge on any atom is 0.274 e. The molecular weight excluding hydrogens is 292 g/mol. The summed E-state index contributed by atoms with van der Waals surface area (Å²) in [6, 6.07) is 0. The van der Waals surface area contributed by atoms with Crippen LogP contribution >= 0.6 is 12.4 Å². The topological polar surface area (TPSA) is 67.2 Å². The van der Waals surface area contributed by atoms with E-state index >= 15 is 0 Å². The maximum absolute atomic E-state index is 12.2. The molecule has 0 atom stereocenters. The quantitative estimate of drug-likeness (QED) is 0.812. The summed E-state index contributed by atoms with van der Waals surface area (Å²) >= 11 is 0. The van der Waals surface area contributed by atoms with E-state index in [0.29, 0.717) is 18.8 Å². The summed E-state index contributed by atoms with van der Waals surface area (Å²) in [5.74, 6) is 0.884. The number of rotatable bonds is 2. The molecule has 1 fully saturated rings. The smallest absolute Gasteiger partial charge is 0.274 e. The molecule has 0 bridgehead atoms. The molecule has 0 aromatic carbocycles. The summed E-state index contributed by atoms with van der Waals surface area (Å²) in [7, 11) is 1.97. The zero-order valence-electron chi connectivity index (χ0n) is 11.7. The highest BCUT2D eigenvalue weighted by molar-refractivity contribution is 5.92. The highest BCUT2D eigenvalue weighted by Crippen LogP contribution is 2.13. The first-order valence-corrected chi connectivity index (χ1v) is 6.53. The number of imidazole rings is 1. The van der Waals surface area contributed by atoms with Gasteiger partial charge in [-0.15, -0.1) is 12.4 Å². The highest BCUT2D eigenvalue weighted by atomic mass is 35.5. The molecule has 3 rings (SSSR count). The van der Waals surface area contributed by atoms with Crippen molar-refractivity contribution < 1.29 is 4.79 Å². The molecule has 8 heteroatoms. The fourth-order valence-corrected chi connectivity index (χ4v) is 2.34. The number of carbonyl (C=O) groups excluding carboxylic acids is 1. The number of carbonyl (C=O) groups is 1. The van der Waals surface area contributed by atoms with Gasteiger partial charge in [-0.3, -0.25) is 9.78 Å². The average molecular weight is 309 g/mol. The molecule has 1 amide bonds. The number of hydrogen-bond donors (Lipinski definition) is 0. The van der Waals surface area contributed by atoms with E-state index in [2.05, 4.69) is 19.9 Å². The standard InChI is InChI=1S/C13H16N6O.ClH/c1-17-5-4-16-13(17)19-8-6-18(7-9-19)12(20)11-10-14-2-3-15-11;/h2-5,10H,6-9H2,1H3;1H. The van der Waals surface area contributed by atoms with Crippen molar-refractivity contribution in [2.45, 2.75) is 0 Å². The predicted octanol–water partition coefficient (Wildman–Crippen LogP) is 0.594. The van der Waals surface area contributed by atoms with Crippen molar-refractivity contribution in [3.8, 4) is 0 Å². The van der Waals surface area contributed by atoms with Crippen LogP contribution in [0.4, 0.5) is 5.95 Å². The second kappa shape index (κ2) is 6.53. The Hall–Kier alpha value is -2.15. The fraction of sp³-hybridized carbons (Fsp3) is 0.385. The number of hydrogen-bond acceptors (Lipinski definition) is 5. The first kappa shape index (κ1) is 15.2. The minimum Gasteiger partial charge on any atom is -0.339 e. The normalized spacial score (nSPS) is 14.7. The molecule has 0 N–H and O–H groups in total. The largest absolute Gasteiger partial charge is 0.339 e. The molecule has 21 heavy (non-hydrogen) atoms. The van der Waals surface area contributed by atoms with Crippen LogP contribution in [0.3, 0.4) is 0 Å². The summed E-state index contributed by atoms with van der Waals surface area (Å²) < 4.78 is 1.99. The van der Waals surface area contributed by atoms with Gasteiger partial charge in [0.2, 0.25) is 5.95 Å². The van der Waals surface area contributed by atoms with Gasteiger partial charge in [-0.05, 0) is 0 Å². The zero-order chi connectivity index (χ0) is 13.9. The van der Waals surface area contributed by atoms with Gasteiger partial charge in [-0.1, -0.05) is 0 Å². The van der Waals surface area contributed by atoms with Crippen LogP contribution in [-0.4, -0.2) is 56.5 Å². The van der Waals surface area contributed by atoms with Crippen LogP contribution in [0.25, 0.3) is 0 Å². The number of anilines is 1. The predicted molar refractivity (Wildman–Crippen MR) is 80.6 cm³/mol. The van der Waals surface area contributed by atoms with Crippen molar-refractivity contribution in [2.24, 2.45) is 7.05 Å². The van der Waals surface area contributed by atoms with Crippen LogP contribution in [-0.2, 0) is 7.05 Å². The van der Waals surface area contributed by atoms with E-state index in [4.69, 9.17) is 0 Å². The molecule has 1 saturated heterocycles. The molecular formula is C13H17ClN6O. The number of piperazine rings is 1. The molecule has 2 aromatic heterocycles. The van der Waals surface area contributed by atoms with Gasteiger partial charge in [-0.25, -0.2) is 9.97 Å². The Morgan fingerprint density at radius 3 is 2.43 bits per heavy atom. The SMILES string of the molecule is Cl.Cn1ccnc1N1CCN(C(=O)c2cnccn2)CC1. The Morgan fingerprint density at radius 1 is 1.10 bits per heavy atom. The lowest BCUT2D eigenvalue weighted by molar-refractivity contribution is 0.0739. The molecule has 0 aliphatic carbocycles. The molecule has 112 valence electrons. The molecule has 1 aliphatic rings. The highest BCUT2D eigenvalue weighted by Gasteiger charge is 2.24. The third-order valence-electron chi connectivity index (χ3n) is 3.43. The Kier molecular flexibility index (Phi) is 4.74. The number of nitrogens with zero attached hydrogens (tertiary/aromatic N) is 6. The minimum atomic E-state index is -0.0578. The Bertz CT molecular complexity index is 594. The van der Waals surface area contributed by atoms with Gasteiger partial charge in [0.15, 0.2) is 0 Å². The van der Waals surface area contributed by atoms with E-state index < -0.39 is 0 Å². The summed E-state index contributed by atoms with van der Waals surface area (Å²) in [6.07, 6.45) is 8.32. The van der Waals surface area contributed by atoms with Gasteiger partial charge in [0.1, 0.15) is 5.69 Å². The number of aryl methyl sites for hydroxylation is 1. The van der Waals surface area contributed by atoms with Crippen molar-refractivity contribution in [3.05, 3.63) is 36.7 Å². The second-order valence-corrected chi connectivity index (χ2v) is 4.71. The average Bonchev–Trinajstić information content (AvgIpc) is 2.94. The van der Waals surface area contributed by atoms with Crippen LogP contribution in [0.15, 0.2) is 31.0 Å². The van der Waals surface area contributed by atoms with Crippen molar-refractivity contribution >= 4 is 24.3 Å². The number of halogens is 1. The second-order valence-electron chi connectivity index (χ2n) is 4.71. The fourth-order valence-electron chi connectivity index (χ4n) is 2.34. The monoisotopic (exact) mass is 308 g/mol. The van der Waals surface area contributed by atoms with E-state index in [1.807, 2.05) is 22.7 Å². The lowest BCUT2D eigenvalue weighted by Crippen LogP contribution is -2.49. The molecule has 0 unspecified atom stereocenters. The lowest BCUT2D eigenvalue weighted by Gasteiger charge is -2.35. The van der Waals surface area contributed by atoms with Gasteiger partial charge >= 0.3 is 0 Å². The first-order chi connectivity index (χ1) is 9.75. The van der Waals surface area contributed by atoms with Crippen LogP contribution in [0.5, 0.6) is 0 Å². The lowest BCUT2D eigenvalue weighted by atomic mass is 10.3. The molecule has 0 spiro atoms. The van der Waals surface area contributed by atoms with E-state index in [1.54, 1.807) is 12.4 Å². The summed E-state index contributed by atoms with van der Waals surface area (Å²) in [4.78, 5) is 28.6. The molecule has 0 radical (unpaired) electrons. The first-order valence-electron chi connectivity index (χ1n) is 6.53. The summed E-state index contributed by atoms with van der Waals surface area (Å²) in [6.45, 7) is 2.89. The van der Waals surface area contributed by atoms with Gasteiger partial charge in [0.05, 0.1) is 6.20 Å². The molecule has 2 aromatic rings. The van der Waals surface area contributed by atoms with Gasteiger partial charge in [0, 0.05) is 58.0 Å². The summed E-state index contributed by atoms with van der Waals surface area (Å²) in [5.41, 5.74) is 0.401. The van der Waals surface area contributed by atoms with E-state index in [9.17, 15) is 4.79 Å². The van der Waals surface area contributed by atoms with Crippen molar-refractivity contribution in [3.63, 3.8) is 0 Å². The van der Waals surface area contributed by atoms with Crippen LogP contribution in [0, 0.1) is 0 Å². The Morgan fingerprint density at radius 2 is 1.86 bits per heavy atom. The van der Waals surface area contributed by atoms with E-state index in [0.717, 1.165) is 19.0 Å². The number of amides is 1. The van der Waals surface area contributed by atoms with E-state index in [1.165, 1.54) is 12.4 Å². The third kappa shape index (κ3) is 3.13. The third-order valence-corrected chi connectivity index (χ3v) is 3.43. The Balaban J connectivity index is 0.00000161. The minimum absolute atomic E-state index is 0. The van der Waals surface area contributed by atoms with Crippen molar-refractivity contribution in [1.82, 2.24) is 24.4 Å². The van der Waals surface area contributed by atoms with Crippen LogP contribution in [0.1, 0.15) is 10.5 Å². The molecule has 7 nitrogen and oxygen atoms in total. The molecule has 1 aliphatic heterocycles. The van der Waals surface area contributed by atoms with Gasteiger partial charge in [-0.2, -0.15) is 0 Å². The van der Waals surface area contributed by atoms with Crippen LogP contribution < -0.4 is 4.90 Å². The Labute approximate surface area is 129 Å². The van der Waals surface area contributed by atoms with Crippen molar-refractivity contribution in [1.29, 1.82) is 0 Å². The van der Waals surface area contributed by atoms with Crippen molar-refractivity contribution in [2.75, 3.05) is 31.1 Å². The van der Waals surface area contributed by atoms with E-state index in [-0.39, 0.29) is 18.3 Å². The van der Waals surface area contributed by atoms with Crippen LogP contribution in [0.2, 0.25) is 0 Å². The summed E-state index contributed by atoms with van der Waals surface area (Å²) in [5, 5.41) is 0.